The standard InChI is InChI=1S/C22H22N4O4S3/c1-11-17-16(12(2)27)20(28)26(17)18(21(29)30)19(11)33-22-23-14(9-31-22)15-5-4-13(32-15)8-25-7-6-24(3)10-25/h4-7,9-12,16-17,27H,8H2,1-3H3/p+1/t11-,12-,16-,17-/m1/s1. The zero-order chi connectivity index (χ0) is 23.4. The Bertz CT molecular complexity index is 1270. The Balaban J connectivity index is 1.36. The molecule has 0 bridgehead atoms. The number of nitrogens with zero attached hydrogens (tertiary/aromatic N) is 4. The Hall–Kier alpha value is -2.47. The number of aliphatic hydroxyl groups is 1. The minimum atomic E-state index is -1.12. The average molecular weight is 504 g/mol. The summed E-state index contributed by atoms with van der Waals surface area (Å²) < 4.78 is 4.86. The second-order valence-corrected chi connectivity index (χ2v) is 11.7. The fraction of sp³-hybridized carbons (Fsp3) is 0.364. The van der Waals surface area contributed by atoms with E-state index in [9.17, 15) is 19.8 Å². The van der Waals surface area contributed by atoms with Gasteiger partial charge in [-0.1, -0.05) is 18.7 Å². The summed E-state index contributed by atoms with van der Waals surface area (Å²) in [4.78, 5) is 33.5. The molecule has 33 heavy (non-hydrogen) atoms. The fourth-order valence-corrected chi connectivity index (χ4v) is 7.69. The number of aromatic nitrogens is 3. The summed E-state index contributed by atoms with van der Waals surface area (Å²) in [6, 6.07) is 3.84. The van der Waals surface area contributed by atoms with E-state index < -0.39 is 18.0 Å². The van der Waals surface area contributed by atoms with Crippen molar-refractivity contribution in [3.8, 4) is 10.6 Å². The third-order valence-electron chi connectivity index (χ3n) is 6.07. The number of hydrogen-bond acceptors (Lipinski definition) is 7. The number of carboxylic acid groups (broad SMARTS) is 1. The normalized spacial score (nSPS) is 23.1. The average Bonchev–Trinajstić information content (AvgIpc) is 3.51. The molecule has 8 nitrogen and oxygen atoms in total. The number of aryl methyl sites for hydroxylation is 1. The number of hydrogen-bond donors (Lipinski definition) is 2. The molecular formula is C22H23N4O4S3+. The summed E-state index contributed by atoms with van der Waals surface area (Å²) in [5.41, 5.74) is 0.885. The van der Waals surface area contributed by atoms with Crippen LogP contribution in [0.15, 0.2) is 51.2 Å². The third kappa shape index (κ3) is 3.82. The zero-order valence-corrected chi connectivity index (χ0v) is 20.7. The molecule has 0 radical (unpaired) electrons. The van der Waals surface area contributed by atoms with Gasteiger partial charge in [0.25, 0.3) is 0 Å². The van der Waals surface area contributed by atoms with Crippen molar-refractivity contribution in [2.24, 2.45) is 18.9 Å². The van der Waals surface area contributed by atoms with E-state index in [1.807, 2.05) is 42.6 Å². The monoisotopic (exact) mass is 503 g/mol. The van der Waals surface area contributed by atoms with Crippen molar-refractivity contribution >= 4 is 46.3 Å². The number of aliphatic carboxylic acids is 1. The molecular weight excluding hydrogens is 480 g/mol. The summed E-state index contributed by atoms with van der Waals surface area (Å²) in [5.74, 6) is -2.19. The molecule has 2 N–H and O–H groups in total. The van der Waals surface area contributed by atoms with Crippen LogP contribution in [-0.2, 0) is 23.2 Å². The van der Waals surface area contributed by atoms with Gasteiger partial charge in [-0.05, 0) is 19.1 Å². The minimum Gasteiger partial charge on any atom is -0.477 e. The molecule has 3 aromatic rings. The molecule has 2 aliphatic rings. The highest BCUT2D eigenvalue weighted by atomic mass is 32.2. The smallest absolute Gasteiger partial charge is 0.353 e. The van der Waals surface area contributed by atoms with E-state index in [0.717, 1.165) is 21.5 Å². The van der Waals surface area contributed by atoms with E-state index in [-0.39, 0.29) is 23.6 Å². The van der Waals surface area contributed by atoms with Crippen LogP contribution in [0, 0.1) is 11.8 Å². The zero-order valence-electron chi connectivity index (χ0n) is 18.2. The first-order valence-electron chi connectivity index (χ1n) is 10.5. The number of imidazole rings is 1. The molecule has 5 rings (SSSR count). The van der Waals surface area contributed by atoms with Crippen LogP contribution < -0.4 is 4.57 Å². The van der Waals surface area contributed by atoms with Crippen LogP contribution in [0.4, 0.5) is 0 Å². The van der Waals surface area contributed by atoms with Crippen LogP contribution in [0.2, 0.25) is 0 Å². The first-order chi connectivity index (χ1) is 15.7. The Labute approximate surface area is 202 Å². The predicted molar refractivity (Wildman–Crippen MR) is 126 cm³/mol. The lowest BCUT2D eigenvalue weighted by atomic mass is 9.79. The first kappa shape index (κ1) is 22.3. The van der Waals surface area contributed by atoms with E-state index in [0.29, 0.717) is 4.91 Å². The van der Waals surface area contributed by atoms with E-state index in [1.54, 1.807) is 18.3 Å². The van der Waals surface area contributed by atoms with E-state index >= 15 is 0 Å². The Morgan fingerprint density at radius 2 is 2.18 bits per heavy atom. The Morgan fingerprint density at radius 3 is 2.85 bits per heavy atom. The van der Waals surface area contributed by atoms with Crippen LogP contribution >= 0.6 is 34.4 Å². The number of thiazole rings is 1. The maximum absolute atomic E-state index is 12.5. The molecule has 172 valence electrons. The van der Waals surface area contributed by atoms with Crippen molar-refractivity contribution in [1.29, 1.82) is 0 Å². The molecule has 5 heterocycles. The van der Waals surface area contributed by atoms with Crippen molar-refractivity contribution in [3.05, 3.63) is 51.7 Å². The summed E-state index contributed by atoms with van der Waals surface area (Å²) >= 11 is 4.46. The molecule has 4 atom stereocenters. The molecule has 0 saturated carbocycles. The molecule has 0 spiro atoms. The van der Waals surface area contributed by atoms with Gasteiger partial charge in [0.2, 0.25) is 12.2 Å². The molecule has 0 aromatic carbocycles. The summed E-state index contributed by atoms with van der Waals surface area (Å²) in [6.45, 7) is 4.29. The van der Waals surface area contributed by atoms with Crippen LogP contribution in [0.25, 0.3) is 10.6 Å². The number of thioether (sulfide) groups is 1. The maximum Gasteiger partial charge on any atom is 0.353 e. The largest absolute Gasteiger partial charge is 0.477 e. The molecule has 0 unspecified atom stereocenters. The number of aliphatic hydroxyl groups excluding tert-OH is 1. The number of rotatable bonds is 7. The maximum atomic E-state index is 12.5. The summed E-state index contributed by atoms with van der Waals surface area (Å²) in [5, 5.41) is 21.8. The molecule has 1 saturated heterocycles. The number of carboxylic acids is 1. The van der Waals surface area contributed by atoms with E-state index in [4.69, 9.17) is 4.98 Å². The van der Waals surface area contributed by atoms with Gasteiger partial charge in [0.05, 0.1) is 35.7 Å². The number of fused-ring (bicyclic) bond motifs is 1. The highest BCUT2D eigenvalue weighted by Crippen LogP contribution is 2.52. The highest BCUT2D eigenvalue weighted by Gasteiger charge is 2.60. The second-order valence-electron chi connectivity index (χ2n) is 8.39. The first-order valence-corrected chi connectivity index (χ1v) is 13.0. The minimum absolute atomic E-state index is 0.0226. The summed E-state index contributed by atoms with van der Waals surface area (Å²) in [7, 11) is 1.99. The van der Waals surface area contributed by atoms with Gasteiger partial charge in [-0.3, -0.25) is 4.79 Å². The third-order valence-corrected chi connectivity index (χ3v) is 9.38. The number of amides is 1. The van der Waals surface area contributed by atoms with Gasteiger partial charge in [0, 0.05) is 21.1 Å². The Morgan fingerprint density at radius 1 is 1.39 bits per heavy atom. The topological polar surface area (TPSA) is 99.5 Å². The van der Waals surface area contributed by atoms with Gasteiger partial charge in [-0.15, -0.1) is 22.7 Å². The number of thiophene rings is 1. The second kappa shape index (κ2) is 8.39. The van der Waals surface area contributed by atoms with Crippen LogP contribution in [0.1, 0.15) is 18.7 Å². The van der Waals surface area contributed by atoms with E-state index in [2.05, 4.69) is 16.7 Å². The fourth-order valence-electron chi connectivity index (χ4n) is 4.54. The van der Waals surface area contributed by atoms with E-state index in [1.165, 1.54) is 32.9 Å². The van der Waals surface area contributed by atoms with Gasteiger partial charge >= 0.3 is 5.97 Å². The van der Waals surface area contributed by atoms with Crippen LogP contribution in [-0.4, -0.2) is 48.7 Å². The van der Waals surface area contributed by atoms with Gasteiger partial charge in [-0.25, -0.2) is 18.9 Å². The molecule has 0 aliphatic carbocycles. The molecule has 1 amide bonds. The molecule has 3 aromatic heterocycles. The highest BCUT2D eigenvalue weighted by molar-refractivity contribution is 8.04. The van der Waals surface area contributed by atoms with Crippen molar-refractivity contribution in [2.75, 3.05) is 0 Å². The van der Waals surface area contributed by atoms with Gasteiger partial charge < -0.3 is 15.1 Å². The molecule has 2 aliphatic heterocycles. The van der Waals surface area contributed by atoms with Crippen molar-refractivity contribution in [1.82, 2.24) is 14.5 Å². The van der Waals surface area contributed by atoms with Crippen LogP contribution in [0.5, 0.6) is 0 Å². The quantitative estimate of drug-likeness (QED) is 0.380. The van der Waals surface area contributed by atoms with Crippen LogP contribution in [0.3, 0.4) is 0 Å². The van der Waals surface area contributed by atoms with Gasteiger partial charge in [-0.2, -0.15) is 0 Å². The van der Waals surface area contributed by atoms with Crippen molar-refractivity contribution < 1.29 is 24.4 Å². The number of carbonyl (C=O) groups excluding carboxylic acids is 1. The van der Waals surface area contributed by atoms with Gasteiger partial charge in [0.1, 0.15) is 24.6 Å². The Kier molecular flexibility index (Phi) is 5.68. The lowest BCUT2D eigenvalue weighted by molar-refractivity contribution is -0.671. The van der Waals surface area contributed by atoms with Crippen molar-refractivity contribution in [3.63, 3.8) is 0 Å². The lowest BCUT2D eigenvalue weighted by Crippen LogP contribution is -2.63. The SMILES string of the molecule is C[C@@H](O)[C@H]1C(=O)N2C(C(=O)O)=C(Sc3nc(-c4ccc(Cn5cc[n+](C)c5)s4)cs3)[C@H](C)[C@H]12. The van der Waals surface area contributed by atoms with Gasteiger partial charge in [0.15, 0.2) is 4.34 Å². The molecule has 11 heteroatoms. The lowest BCUT2D eigenvalue weighted by Gasteiger charge is -2.46. The number of carbonyl (C=O) groups is 2. The predicted octanol–water partition coefficient (Wildman–Crippen LogP) is 2.79. The van der Waals surface area contributed by atoms with Crippen molar-refractivity contribution in [2.45, 2.75) is 36.9 Å². The number of β-lactam (4-membered cyclic amide) rings is 1. The summed E-state index contributed by atoms with van der Waals surface area (Å²) in [6.07, 6.45) is 5.25. The molecule has 1 fully saturated rings.